The number of para-hydroxylation sites is 2. The Morgan fingerprint density at radius 1 is 1.04 bits per heavy atom. The van der Waals surface area contributed by atoms with Gasteiger partial charge in [-0.3, -0.25) is 0 Å². The van der Waals surface area contributed by atoms with Gasteiger partial charge >= 0.3 is 0 Å². The molecule has 6 heteroatoms. The summed E-state index contributed by atoms with van der Waals surface area (Å²) in [6, 6.07) is 13.2. The first-order valence-electron chi connectivity index (χ1n) is 8.02. The molecular weight excluding hydrogens is 359 g/mol. The Hall–Kier alpha value is -2.17. The lowest BCUT2D eigenvalue weighted by molar-refractivity contribution is 0.0893. The van der Waals surface area contributed by atoms with Gasteiger partial charge in [-0.05, 0) is 24.3 Å². The molecule has 1 aromatic heterocycles. The summed E-state index contributed by atoms with van der Waals surface area (Å²) in [5, 5.41) is 1.30. The van der Waals surface area contributed by atoms with Gasteiger partial charge in [-0.25, -0.2) is 4.98 Å². The van der Waals surface area contributed by atoms with Crippen LogP contribution in [-0.2, 0) is 13.0 Å². The first-order chi connectivity index (χ1) is 12.2. The Labute approximate surface area is 155 Å². The fourth-order valence-corrected chi connectivity index (χ4v) is 3.41. The molecule has 0 spiro atoms. The molecule has 25 heavy (non-hydrogen) atoms. The molecule has 0 amide bonds. The molecule has 1 aliphatic heterocycles. The van der Waals surface area contributed by atoms with E-state index in [4.69, 9.17) is 32.7 Å². The smallest absolute Gasteiger partial charge is 0.161 e. The maximum atomic E-state index is 6.28. The fraction of sp³-hybridized carbons (Fsp3) is 0.211. The van der Waals surface area contributed by atoms with E-state index < -0.39 is 0 Å². The van der Waals surface area contributed by atoms with Gasteiger partial charge in [0, 0.05) is 34.4 Å². The van der Waals surface area contributed by atoms with E-state index in [-0.39, 0.29) is 6.10 Å². The standard InChI is InChI=1S/C19H16Cl2N2O2/c20-15-4-3-5-16(21)14(15)11-23-9-8-22-19(23)10-13-12-24-17-6-1-2-7-18(17)25-13/h1-9,13H,10-12H2. The van der Waals surface area contributed by atoms with E-state index in [0.717, 1.165) is 22.9 Å². The van der Waals surface area contributed by atoms with Crippen LogP contribution < -0.4 is 9.47 Å². The van der Waals surface area contributed by atoms with E-state index in [9.17, 15) is 0 Å². The van der Waals surface area contributed by atoms with E-state index in [1.165, 1.54) is 0 Å². The molecular formula is C19H16Cl2N2O2. The van der Waals surface area contributed by atoms with Crippen molar-refractivity contribution in [1.29, 1.82) is 0 Å². The number of nitrogens with zero attached hydrogens (tertiary/aromatic N) is 2. The van der Waals surface area contributed by atoms with Crippen LogP contribution in [-0.4, -0.2) is 22.3 Å². The molecule has 2 heterocycles. The highest BCUT2D eigenvalue weighted by atomic mass is 35.5. The van der Waals surface area contributed by atoms with Crippen LogP contribution in [0.15, 0.2) is 54.9 Å². The van der Waals surface area contributed by atoms with Crippen molar-refractivity contribution in [2.45, 2.75) is 19.1 Å². The van der Waals surface area contributed by atoms with Gasteiger partial charge in [0.25, 0.3) is 0 Å². The second kappa shape index (κ2) is 6.98. The molecule has 0 bridgehead atoms. The average molecular weight is 375 g/mol. The summed E-state index contributed by atoms with van der Waals surface area (Å²) in [6.45, 7) is 1.06. The number of hydrogen-bond acceptors (Lipinski definition) is 3. The second-order valence-electron chi connectivity index (χ2n) is 5.87. The Kier molecular flexibility index (Phi) is 4.55. The van der Waals surface area contributed by atoms with Gasteiger partial charge in [0.2, 0.25) is 0 Å². The Morgan fingerprint density at radius 3 is 2.60 bits per heavy atom. The third kappa shape index (κ3) is 3.46. The maximum Gasteiger partial charge on any atom is 0.161 e. The molecule has 1 unspecified atom stereocenters. The molecule has 1 aliphatic rings. The minimum Gasteiger partial charge on any atom is -0.486 e. The van der Waals surface area contributed by atoms with Crippen molar-refractivity contribution in [2.24, 2.45) is 0 Å². The van der Waals surface area contributed by atoms with Crippen molar-refractivity contribution < 1.29 is 9.47 Å². The number of aromatic nitrogens is 2. The number of hydrogen-bond donors (Lipinski definition) is 0. The largest absolute Gasteiger partial charge is 0.486 e. The Balaban J connectivity index is 1.51. The van der Waals surface area contributed by atoms with E-state index in [2.05, 4.69) is 4.98 Å². The lowest BCUT2D eigenvalue weighted by atomic mass is 10.2. The first-order valence-corrected chi connectivity index (χ1v) is 8.77. The number of fused-ring (bicyclic) bond motifs is 1. The van der Waals surface area contributed by atoms with Gasteiger partial charge in [-0.15, -0.1) is 0 Å². The van der Waals surface area contributed by atoms with Crippen LogP contribution in [0.2, 0.25) is 10.0 Å². The van der Waals surface area contributed by atoms with Crippen molar-refractivity contribution >= 4 is 23.2 Å². The summed E-state index contributed by atoms with van der Waals surface area (Å²) >= 11 is 12.6. The summed E-state index contributed by atoms with van der Waals surface area (Å²) in [4.78, 5) is 4.46. The molecule has 2 aromatic carbocycles. The highest BCUT2D eigenvalue weighted by Gasteiger charge is 2.23. The molecule has 0 fully saturated rings. The highest BCUT2D eigenvalue weighted by molar-refractivity contribution is 6.35. The number of halogens is 2. The van der Waals surface area contributed by atoms with Crippen LogP contribution in [0.4, 0.5) is 0 Å². The second-order valence-corrected chi connectivity index (χ2v) is 6.69. The fourth-order valence-electron chi connectivity index (χ4n) is 2.89. The lowest BCUT2D eigenvalue weighted by Crippen LogP contribution is -2.32. The predicted molar refractivity (Wildman–Crippen MR) is 97.8 cm³/mol. The summed E-state index contributed by atoms with van der Waals surface area (Å²) in [6.07, 6.45) is 4.26. The van der Waals surface area contributed by atoms with Crippen LogP contribution >= 0.6 is 23.2 Å². The van der Waals surface area contributed by atoms with E-state index in [1.807, 2.05) is 53.2 Å². The van der Waals surface area contributed by atoms with E-state index in [0.29, 0.717) is 29.6 Å². The van der Waals surface area contributed by atoms with Crippen LogP contribution in [0.3, 0.4) is 0 Å². The average Bonchev–Trinajstić information content (AvgIpc) is 3.05. The van der Waals surface area contributed by atoms with E-state index in [1.54, 1.807) is 6.20 Å². The minimum absolute atomic E-state index is 0.0854. The topological polar surface area (TPSA) is 36.3 Å². The number of rotatable bonds is 4. The zero-order valence-corrected chi connectivity index (χ0v) is 14.9. The van der Waals surface area contributed by atoms with Crippen LogP contribution in [0.5, 0.6) is 11.5 Å². The van der Waals surface area contributed by atoms with Crippen molar-refractivity contribution in [3.05, 3.63) is 76.3 Å². The number of ether oxygens (including phenoxy) is 2. The quantitative estimate of drug-likeness (QED) is 0.668. The molecule has 3 aromatic rings. The van der Waals surface area contributed by atoms with E-state index >= 15 is 0 Å². The monoisotopic (exact) mass is 374 g/mol. The number of benzene rings is 2. The zero-order valence-electron chi connectivity index (χ0n) is 13.4. The summed E-state index contributed by atoms with van der Waals surface area (Å²) in [7, 11) is 0. The van der Waals surface area contributed by atoms with Gasteiger partial charge in [0.05, 0.1) is 6.54 Å². The lowest BCUT2D eigenvalue weighted by Gasteiger charge is -2.26. The normalized spacial score (nSPS) is 16.0. The zero-order chi connectivity index (χ0) is 17.2. The molecule has 0 radical (unpaired) electrons. The van der Waals surface area contributed by atoms with Crippen molar-refractivity contribution in [1.82, 2.24) is 9.55 Å². The SMILES string of the molecule is Clc1cccc(Cl)c1Cn1ccnc1CC1COc2ccccc2O1. The molecule has 0 N–H and O–H groups in total. The van der Waals surface area contributed by atoms with Crippen molar-refractivity contribution in [3.8, 4) is 11.5 Å². The third-order valence-corrected chi connectivity index (χ3v) is 4.88. The molecule has 0 saturated carbocycles. The highest BCUT2D eigenvalue weighted by Crippen LogP contribution is 2.32. The van der Waals surface area contributed by atoms with Gasteiger partial charge in [-0.1, -0.05) is 41.4 Å². The molecule has 128 valence electrons. The van der Waals surface area contributed by atoms with Gasteiger partial charge < -0.3 is 14.0 Å². The van der Waals surface area contributed by atoms with Crippen molar-refractivity contribution in [2.75, 3.05) is 6.61 Å². The molecule has 0 saturated heterocycles. The van der Waals surface area contributed by atoms with Gasteiger partial charge in [0.15, 0.2) is 11.5 Å². The Morgan fingerprint density at radius 2 is 1.80 bits per heavy atom. The number of imidazole rings is 1. The van der Waals surface area contributed by atoms with Crippen LogP contribution in [0.25, 0.3) is 0 Å². The molecule has 1 atom stereocenters. The maximum absolute atomic E-state index is 6.28. The van der Waals surface area contributed by atoms with Gasteiger partial charge in [0.1, 0.15) is 18.5 Å². The van der Waals surface area contributed by atoms with Crippen molar-refractivity contribution in [3.63, 3.8) is 0 Å². The minimum atomic E-state index is -0.0854. The summed E-state index contributed by atoms with van der Waals surface area (Å²) in [5.41, 5.74) is 0.885. The van der Waals surface area contributed by atoms with Crippen LogP contribution in [0, 0.1) is 0 Å². The molecule has 4 rings (SSSR count). The van der Waals surface area contributed by atoms with Crippen LogP contribution in [0.1, 0.15) is 11.4 Å². The first kappa shape index (κ1) is 16.3. The molecule has 4 nitrogen and oxygen atoms in total. The third-order valence-electron chi connectivity index (χ3n) is 4.17. The predicted octanol–water partition coefficient (Wildman–Crippen LogP) is 4.62. The Bertz CT molecular complexity index is 874. The summed E-state index contributed by atoms with van der Waals surface area (Å²) < 4.78 is 13.8. The summed E-state index contributed by atoms with van der Waals surface area (Å²) in [5.74, 6) is 2.46. The van der Waals surface area contributed by atoms with Gasteiger partial charge in [-0.2, -0.15) is 0 Å². The molecule has 0 aliphatic carbocycles.